The van der Waals surface area contributed by atoms with E-state index in [0.717, 1.165) is 19.1 Å². The van der Waals surface area contributed by atoms with Crippen molar-refractivity contribution >= 4 is 44.0 Å². The zero-order valence-corrected chi connectivity index (χ0v) is 21.0. The lowest BCUT2D eigenvalue weighted by Gasteiger charge is -2.25. The Kier molecular flexibility index (Phi) is 6.48. The predicted molar refractivity (Wildman–Crippen MR) is 132 cm³/mol. The van der Waals surface area contributed by atoms with Crippen molar-refractivity contribution in [2.24, 2.45) is 0 Å². The predicted octanol–water partition coefficient (Wildman–Crippen LogP) is 6.44. The zero-order chi connectivity index (χ0) is 25.6. The van der Waals surface area contributed by atoms with Gasteiger partial charge in [0, 0.05) is 24.5 Å². The van der Waals surface area contributed by atoms with Crippen LogP contribution in [0, 0.1) is 6.92 Å². The fourth-order valence-corrected chi connectivity index (χ4v) is 5.38. The Morgan fingerprint density at radius 1 is 1.14 bits per heavy atom. The third kappa shape index (κ3) is 4.70. The number of fused-ring (bicyclic) bond motifs is 1. The molecule has 0 bridgehead atoms. The number of halogens is 3. The largest absolute Gasteiger partial charge is 0.461 e. The summed E-state index contributed by atoms with van der Waals surface area (Å²) in [5, 5.41) is 3.07. The quantitative estimate of drug-likeness (QED) is 0.283. The number of aromatic nitrogens is 3. The molecule has 1 aliphatic heterocycles. The zero-order valence-electron chi connectivity index (χ0n) is 19.5. The molecule has 0 amide bonds. The van der Waals surface area contributed by atoms with Gasteiger partial charge in [0.05, 0.1) is 16.3 Å². The fourth-order valence-electron chi connectivity index (χ4n) is 4.33. The summed E-state index contributed by atoms with van der Waals surface area (Å²) in [7, 11) is -3.69. The second-order valence-corrected chi connectivity index (χ2v) is 11.0. The van der Waals surface area contributed by atoms with Crippen LogP contribution in [0.2, 0.25) is 5.15 Å². The first-order chi connectivity index (χ1) is 17.1. The first-order valence-electron chi connectivity index (χ1n) is 11.3. The van der Waals surface area contributed by atoms with Crippen molar-refractivity contribution in [3.05, 3.63) is 53.1 Å². The highest BCUT2D eigenvalue weighted by Gasteiger charge is 2.29. The van der Waals surface area contributed by atoms with Crippen molar-refractivity contribution in [1.29, 1.82) is 0 Å². The van der Waals surface area contributed by atoms with Gasteiger partial charge in [0.15, 0.2) is 21.3 Å². The average Bonchev–Trinajstić information content (AvgIpc) is 3.43. The first kappa shape index (κ1) is 24.7. The second kappa shape index (κ2) is 9.45. The van der Waals surface area contributed by atoms with Crippen molar-refractivity contribution in [3.63, 3.8) is 0 Å². The lowest BCUT2D eigenvalue weighted by atomic mass is 10.1. The number of rotatable bonds is 6. The molecular formula is C24H23ClF2N4O4S. The van der Waals surface area contributed by atoms with Crippen molar-refractivity contribution < 1.29 is 26.4 Å². The maximum absolute atomic E-state index is 14.0. The number of hydrogen-bond acceptors (Lipinski definition) is 7. The van der Waals surface area contributed by atoms with E-state index in [9.17, 15) is 17.2 Å². The summed E-state index contributed by atoms with van der Waals surface area (Å²) in [5.41, 5.74) is 1.32. The molecule has 1 atom stereocenters. The Morgan fingerprint density at radius 2 is 1.94 bits per heavy atom. The van der Waals surface area contributed by atoms with Gasteiger partial charge >= 0.3 is 0 Å². The van der Waals surface area contributed by atoms with E-state index < -0.39 is 28.3 Å². The molecule has 12 heteroatoms. The number of sulfone groups is 1. The topological polar surface area (TPSA) is 99.2 Å². The van der Waals surface area contributed by atoms with Gasteiger partial charge in [0.2, 0.25) is 0 Å². The van der Waals surface area contributed by atoms with Crippen LogP contribution in [-0.4, -0.2) is 35.8 Å². The molecule has 1 fully saturated rings. The van der Waals surface area contributed by atoms with Crippen LogP contribution in [0.3, 0.4) is 0 Å². The van der Waals surface area contributed by atoms with Crippen LogP contribution >= 0.6 is 11.6 Å². The molecule has 4 heterocycles. The number of benzene rings is 1. The molecule has 1 N–H and O–H groups in total. The van der Waals surface area contributed by atoms with E-state index >= 15 is 0 Å². The highest BCUT2D eigenvalue weighted by atomic mass is 35.5. The van der Waals surface area contributed by atoms with Crippen molar-refractivity contribution in [3.8, 4) is 11.3 Å². The van der Waals surface area contributed by atoms with Gasteiger partial charge in [-0.1, -0.05) is 11.6 Å². The van der Waals surface area contributed by atoms with E-state index in [1.807, 2.05) is 0 Å². The Balaban J connectivity index is 1.64. The van der Waals surface area contributed by atoms with Crippen LogP contribution in [0.4, 0.5) is 20.2 Å². The standard InChI is InChI=1S/C24H23ClF2N4O4S/c1-13-6-9-17(35-13)14-7-8-15(18(11-14)36(2,32)33)28-16-12-19(25)29-23-21(16)30-24(22(26)27)31(23)20-5-3-4-10-34-20/h6-9,11-12,20,22H,3-5,10H2,1-2H3,(H,28,29). The van der Waals surface area contributed by atoms with Gasteiger partial charge in [0.1, 0.15) is 28.4 Å². The van der Waals surface area contributed by atoms with Crippen LogP contribution in [0.5, 0.6) is 0 Å². The van der Waals surface area contributed by atoms with Crippen LogP contribution < -0.4 is 5.32 Å². The van der Waals surface area contributed by atoms with E-state index in [1.54, 1.807) is 31.2 Å². The summed E-state index contributed by atoms with van der Waals surface area (Å²) in [6.45, 7) is 2.23. The number of alkyl halides is 2. The van der Waals surface area contributed by atoms with Crippen molar-refractivity contribution in [2.45, 2.75) is 43.7 Å². The Morgan fingerprint density at radius 3 is 2.58 bits per heavy atom. The first-order valence-corrected chi connectivity index (χ1v) is 13.5. The normalized spacial score (nSPS) is 16.7. The molecule has 1 unspecified atom stereocenters. The number of nitrogens with zero attached hydrogens (tertiary/aromatic N) is 3. The van der Waals surface area contributed by atoms with Gasteiger partial charge in [-0.05, 0) is 56.5 Å². The van der Waals surface area contributed by atoms with Crippen molar-refractivity contribution in [1.82, 2.24) is 14.5 Å². The van der Waals surface area contributed by atoms with Gasteiger partial charge in [0.25, 0.3) is 6.43 Å². The summed E-state index contributed by atoms with van der Waals surface area (Å²) in [6, 6.07) is 9.74. The van der Waals surface area contributed by atoms with E-state index in [-0.39, 0.29) is 32.6 Å². The van der Waals surface area contributed by atoms with Crippen LogP contribution in [-0.2, 0) is 14.6 Å². The number of anilines is 2. The Labute approximate surface area is 211 Å². The molecule has 1 saturated heterocycles. The Bertz CT molecular complexity index is 1550. The van der Waals surface area contributed by atoms with Gasteiger partial charge in [-0.2, -0.15) is 0 Å². The molecular weight excluding hydrogens is 514 g/mol. The minimum absolute atomic E-state index is 0.000678. The fraction of sp³-hybridized carbons (Fsp3) is 0.333. The lowest BCUT2D eigenvalue weighted by molar-refractivity contribution is -0.0363. The van der Waals surface area contributed by atoms with E-state index in [2.05, 4.69) is 15.3 Å². The third-order valence-electron chi connectivity index (χ3n) is 5.96. The van der Waals surface area contributed by atoms with Gasteiger partial charge in [-0.15, -0.1) is 0 Å². The molecule has 0 spiro atoms. The molecule has 0 aliphatic carbocycles. The molecule has 0 radical (unpaired) electrons. The van der Waals surface area contributed by atoms with E-state index in [4.69, 9.17) is 20.8 Å². The minimum atomic E-state index is -3.69. The molecule has 36 heavy (non-hydrogen) atoms. The molecule has 190 valence electrons. The average molecular weight is 537 g/mol. The molecule has 3 aromatic heterocycles. The Hall–Kier alpha value is -3.02. The van der Waals surface area contributed by atoms with Crippen LogP contribution in [0.1, 0.15) is 43.5 Å². The third-order valence-corrected chi connectivity index (χ3v) is 7.29. The van der Waals surface area contributed by atoms with Crippen LogP contribution in [0.25, 0.3) is 22.5 Å². The molecule has 1 aromatic carbocycles. The smallest absolute Gasteiger partial charge is 0.295 e. The summed E-state index contributed by atoms with van der Waals surface area (Å²) in [5.74, 6) is 0.724. The summed E-state index contributed by atoms with van der Waals surface area (Å²) < 4.78 is 66.0. The number of nitrogens with one attached hydrogen (secondary N) is 1. The van der Waals surface area contributed by atoms with Crippen molar-refractivity contribution in [2.75, 3.05) is 18.2 Å². The number of imidazole rings is 1. The summed E-state index contributed by atoms with van der Waals surface area (Å²) in [4.78, 5) is 8.43. The number of hydrogen-bond donors (Lipinski definition) is 1. The SMILES string of the molecule is Cc1ccc(-c2ccc(Nc3cc(Cl)nc4c3nc(C(F)F)n4C3CCCCO3)c(S(C)(=O)=O)c2)o1. The molecule has 5 rings (SSSR count). The summed E-state index contributed by atoms with van der Waals surface area (Å²) >= 11 is 6.28. The molecule has 4 aromatic rings. The molecule has 8 nitrogen and oxygen atoms in total. The second-order valence-electron chi connectivity index (χ2n) is 8.65. The highest BCUT2D eigenvalue weighted by molar-refractivity contribution is 7.90. The number of aryl methyl sites for hydroxylation is 1. The monoisotopic (exact) mass is 536 g/mol. The molecule has 1 aliphatic rings. The van der Waals surface area contributed by atoms with E-state index in [1.165, 1.54) is 16.7 Å². The molecule has 0 saturated carbocycles. The maximum Gasteiger partial charge on any atom is 0.295 e. The van der Waals surface area contributed by atoms with Gasteiger partial charge in [-0.3, -0.25) is 4.57 Å². The lowest BCUT2D eigenvalue weighted by Crippen LogP contribution is -2.20. The number of ether oxygens (including phenoxy) is 1. The van der Waals surface area contributed by atoms with Crippen LogP contribution in [0.15, 0.2) is 45.7 Å². The summed E-state index contributed by atoms with van der Waals surface area (Å²) in [6.07, 6.45) is -0.237. The maximum atomic E-state index is 14.0. The van der Waals surface area contributed by atoms with E-state index in [0.29, 0.717) is 30.1 Å². The minimum Gasteiger partial charge on any atom is -0.461 e. The highest BCUT2D eigenvalue weighted by Crippen LogP contribution is 2.38. The van der Waals surface area contributed by atoms with Gasteiger partial charge < -0.3 is 14.5 Å². The van der Waals surface area contributed by atoms with Gasteiger partial charge in [-0.25, -0.2) is 27.2 Å². The number of furan rings is 1. The number of pyridine rings is 1.